The van der Waals surface area contributed by atoms with Gasteiger partial charge in [0.05, 0.1) is 0 Å². The molecule has 1 saturated heterocycles. The van der Waals surface area contributed by atoms with Gasteiger partial charge in [-0.1, -0.05) is 20.8 Å². The largest absolute Gasteiger partial charge is 0.383 e. The van der Waals surface area contributed by atoms with E-state index in [1.807, 2.05) is 6.92 Å². The Morgan fingerprint density at radius 2 is 1.95 bits per heavy atom. The fourth-order valence-corrected chi connectivity index (χ4v) is 2.85. The van der Waals surface area contributed by atoms with Crippen LogP contribution in [0.3, 0.4) is 0 Å². The molecule has 1 aromatic heterocycles. The first-order valence-corrected chi connectivity index (χ1v) is 7.81. The lowest BCUT2D eigenvalue weighted by molar-refractivity contribution is 0.325. The van der Waals surface area contributed by atoms with E-state index in [1.165, 1.54) is 19.3 Å². The summed E-state index contributed by atoms with van der Waals surface area (Å²) in [5.41, 5.74) is 7.54. The molecule has 112 valence electrons. The average Bonchev–Trinajstić information content (AvgIpc) is 2.55. The maximum absolute atomic E-state index is 6.07. The molecular weight excluding hydrogens is 248 g/mol. The number of nitrogens with zero attached hydrogens (tertiary/aromatic N) is 3. The Labute approximate surface area is 122 Å². The molecule has 0 spiro atoms. The summed E-state index contributed by atoms with van der Waals surface area (Å²) in [6.07, 6.45) is 5.66. The first-order chi connectivity index (χ1) is 9.43. The van der Waals surface area contributed by atoms with Crippen molar-refractivity contribution < 1.29 is 0 Å². The van der Waals surface area contributed by atoms with Gasteiger partial charge < -0.3 is 10.6 Å². The van der Waals surface area contributed by atoms with Gasteiger partial charge in [0.1, 0.15) is 17.5 Å². The van der Waals surface area contributed by atoms with Crippen LogP contribution in [0.15, 0.2) is 0 Å². The van der Waals surface area contributed by atoms with Crippen molar-refractivity contribution in [1.29, 1.82) is 0 Å². The topological polar surface area (TPSA) is 55.0 Å². The van der Waals surface area contributed by atoms with Crippen molar-refractivity contribution in [1.82, 2.24) is 9.97 Å². The van der Waals surface area contributed by atoms with E-state index in [9.17, 15) is 0 Å². The molecule has 0 aromatic carbocycles. The lowest BCUT2D eigenvalue weighted by Gasteiger charge is -2.26. The third kappa shape index (κ3) is 3.41. The fraction of sp³-hybridized carbons (Fsp3) is 0.750. The van der Waals surface area contributed by atoms with Crippen molar-refractivity contribution in [2.45, 2.75) is 59.8 Å². The van der Waals surface area contributed by atoms with E-state index in [-0.39, 0.29) is 0 Å². The van der Waals surface area contributed by atoms with Crippen LogP contribution >= 0.6 is 0 Å². The quantitative estimate of drug-likeness (QED) is 0.920. The van der Waals surface area contributed by atoms with E-state index in [0.717, 1.165) is 43.1 Å². The highest BCUT2D eigenvalue weighted by Gasteiger charge is 2.25. The van der Waals surface area contributed by atoms with Crippen molar-refractivity contribution in [2.75, 3.05) is 23.7 Å². The van der Waals surface area contributed by atoms with Crippen LogP contribution in [0.4, 0.5) is 11.6 Å². The van der Waals surface area contributed by atoms with Crippen LogP contribution in [0, 0.1) is 12.3 Å². The Balaban J connectivity index is 2.27. The fourth-order valence-electron chi connectivity index (χ4n) is 2.85. The molecule has 1 aliphatic heterocycles. The van der Waals surface area contributed by atoms with Gasteiger partial charge in [0, 0.05) is 25.1 Å². The minimum atomic E-state index is 0.438. The highest BCUT2D eigenvalue weighted by Crippen LogP contribution is 2.32. The number of hydrogen-bond acceptors (Lipinski definition) is 4. The zero-order valence-corrected chi connectivity index (χ0v) is 13.4. The number of aryl methyl sites for hydroxylation is 1. The van der Waals surface area contributed by atoms with Gasteiger partial charge in [0.2, 0.25) is 0 Å². The molecule has 0 atom stereocenters. The summed E-state index contributed by atoms with van der Waals surface area (Å²) >= 11 is 0. The maximum Gasteiger partial charge on any atom is 0.137 e. The number of rotatable bonds is 3. The zero-order valence-electron chi connectivity index (χ0n) is 13.4. The van der Waals surface area contributed by atoms with Crippen molar-refractivity contribution in [3.8, 4) is 0 Å². The number of nitrogen functional groups attached to an aromatic ring is 1. The van der Waals surface area contributed by atoms with Crippen molar-refractivity contribution in [3.63, 3.8) is 0 Å². The number of aromatic nitrogens is 2. The Hall–Kier alpha value is -1.32. The Morgan fingerprint density at radius 1 is 1.20 bits per heavy atom. The maximum atomic E-state index is 6.07. The summed E-state index contributed by atoms with van der Waals surface area (Å²) in [6.45, 7) is 11.0. The molecule has 1 aromatic rings. The van der Waals surface area contributed by atoms with Gasteiger partial charge >= 0.3 is 0 Å². The van der Waals surface area contributed by atoms with Crippen molar-refractivity contribution in [2.24, 2.45) is 5.41 Å². The van der Waals surface area contributed by atoms with E-state index in [4.69, 9.17) is 10.7 Å². The lowest BCUT2D eigenvalue weighted by atomic mass is 9.85. The molecule has 2 heterocycles. The van der Waals surface area contributed by atoms with Crippen LogP contribution in [-0.2, 0) is 6.42 Å². The van der Waals surface area contributed by atoms with Crippen LogP contribution in [0.1, 0.15) is 57.8 Å². The zero-order chi connectivity index (χ0) is 14.8. The van der Waals surface area contributed by atoms with Gasteiger partial charge in [-0.3, -0.25) is 0 Å². The summed E-state index contributed by atoms with van der Waals surface area (Å²) < 4.78 is 0. The first kappa shape index (κ1) is 15.1. The first-order valence-electron chi connectivity index (χ1n) is 7.81. The third-order valence-electron chi connectivity index (χ3n) is 4.32. The predicted octanol–water partition coefficient (Wildman–Crippen LogP) is 3.34. The Kier molecular flexibility index (Phi) is 4.51. The van der Waals surface area contributed by atoms with Gasteiger partial charge in [0.25, 0.3) is 0 Å². The average molecular weight is 276 g/mol. The summed E-state index contributed by atoms with van der Waals surface area (Å²) in [7, 11) is 0. The van der Waals surface area contributed by atoms with E-state index in [1.54, 1.807) is 0 Å². The highest BCUT2D eigenvalue weighted by molar-refractivity contribution is 5.56. The lowest BCUT2D eigenvalue weighted by Crippen LogP contribution is -2.27. The molecule has 2 N–H and O–H groups in total. The van der Waals surface area contributed by atoms with E-state index in [0.29, 0.717) is 11.2 Å². The van der Waals surface area contributed by atoms with Gasteiger partial charge in [0.15, 0.2) is 0 Å². The van der Waals surface area contributed by atoms with Gasteiger partial charge in [-0.2, -0.15) is 0 Å². The molecular formula is C16H28N4. The number of anilines is 2. The summed E-state index contributed by atoms with van der Waals surface area (Å²) in [4.78, 5) is 11.6. The SMILES string of the molecule is CCCc1nc(N)c(C)c(N2CCCC(C)(C)CC2)n1. The molecule has 0 saturated carbocycles. The molecule has 4 heteroatoms. The normalized spacial score (nSPS) is 18.9. The third-order valence-corrected chi connectivity index (χ3v) is 4.32. The van der Waals surface area contributed by atoms with Crippen molar-refractivity contribution >= 4 is 11.6 Å². The molecule has 1 aliphatic rings. The van der Waals surface area contributed by atoms with E-state index in [2.05, 4.69) is 30.7 Å². The van der Waals surface area contributed by atoms with E-state index < -0.39 is 0 Å². The van der Waals surface area contributed by atoms with Crippen LogP contribution < -0.4 is 10.6 Å². The van der Waals surface area contributed by atoms with E-state index >= 15 is 0 Å². The van der Waals surface area contributed by atoms with Gasteiger partial charge in [-0.15, -0.1) is 0 Å². The van der Waals surface area contributed by atoms with Gasteiger partial charge in [-0.25, -0.2) is 9.97 Å². The summed E-state index contributed by atoms with van der Waals surface area (Å²) in [5, 5.41) is 0. The minimum Gasteiger partial charge on any atom is -0.383 e. The van der Waals surface area contributed by atoms with Gasteiger partial charge in [-0.05, 0) is 38.0 Å². The molecule has 1 fully saturated rings. The Bertz CT molecular complexity index is 468. The molecule has 0 unspecified atom stereocenters. The molecule has 4 nitrogen and oxygen atoms in total. The molecule has 0 bridgehead atoms. The predicted molar refractivity (Wildman–Crippen MR) is 85.0 cm³/mol. The minimum absolute atomic E-state index is 0.438. The standard InChI is InChI=1S/C16H28N4/c1-5-7-13-18-14(17)12(2)15(19-13)20-10-6-8-16(3,4)9-11-20/h5-11H2,1-4H3,(H2,17,18,19). The smallest absolute Gasteiger partial charge is 0.137 e. The second-order valence-electron chi connectivity index (χ2n) is 6.73. The molecule has 2 rings (SSSR count). The second kappa shape index (κ2) is 5.98. The van der Waals surface area contributed by atoms with Crippen LogP contribution in [0.5, 0.6) is 0 Å². The number of hydrogen-bond donors (Lipinski definition) is 1. The molecule has 0 aliphatic carbocycles. The van der Waals surface area contributed by atoms with Crippen LogP contribution in [0.25, 0.3) is 0 Å². The Morgan fingerprint density at radius 3 is 2.65 bits per heavy atom. The summed E-state index contributed by atoms with van der Waals surface area (Å²) in [6, 6.07) is 0. The summed E-state index contributed by atoms with van der Waals surface area (Å²) in [5.74, 6) is 2.58. The van der Waals surface area contributed by atoms with Crippen molar-refractivity contribution in [3.05, 3.63) is 11.4 Å². The monoisotopic (exact) mass is 276 g/mol. The second-order valence-corrected chi connectivity index (χ2v) is 6.73. The highest BCUT2D eigenvalue weighted by atomic mass is 15.2. The van der Waals surface area contributed by atoms with Crippen LogP contribution in [0.2, 0.25) is 0 Å². The number of nitrogens with two attached hydrogens (primary N) is 1. The molecule has 0 radical (unpaired) electrons. The molecule has 0 amide bonds. The van der Waals surface area contributed by atoms with Crippen LogP contribution in [-0.4, -0.2) is 23.1 Å². The molecule has 20 heavy (non-hydrogen) atoms.